The summed E-state index contributed by atoms with van der Waals surface area (Å²) in [6, 6.07) is 5.59. The van der Waals surface area contributed by atoms with Crippen LogP contribution < -0.4 is 5.32 Å². The molecule has 146 valence electrons. The van der Waals surface area contributed by atoms with E-state index in [2.05, 4.69) is 20.3 Å². The van der Waals surface area contributed by atoms with Crippen molar-refractivity contribution in [3.8, 4) is 0 Å². The summed E-state index contributed by atoms with van der Waals surface area (Å²) in [4.78, 5) is 23.0. The van der Waals surface area contributed by atoms with Gasteiger partial charge in [-0.2, -0.15) is 0 Å². The molecule has 2 heterocycles. The van der Waals surface area contributed by atoms with Gasteiger partial charge in [0.2, 0.25) is 5.92 Å². The highest BCUT2D eigenvalue weighted by Gasteiger charge is 2.33. The SMILES string of the molecule is CNc1cccc(CCCCC(F)(F)C[C@@H](CC(=O)O)c2cncnc2)n1. The van der Waals surface area contributed by atoms with E-state index in [9.17, 15) is 13.6 Å². The van der Waals surface area contributed by atoms with Gasteiger partial charge in [0.15, 0.2) is 0 Å². The molecule has 0 bridgehead atoms. The first kappa shape index (κ1) is 20.7. The molecule has 2 aromatic rings. The number of pyridine rings is 1. The van der Waals surface area contributed by atoms with E-state index in [4.69, 9.17) is 5.11 Å². The van der Waals surface area contributed by atoms with E-state index in [1.807, 2.05) is 18.2 Å². The molecule has 27 heavy (non-hydrogen) atoms. The van der Waals surface area contributed by atoms with Crippen molar-refractivity contribution in [2.75, 3.05) is 12.4 Å². The standard InChI is InChI=1S/C19H24F2N4O2/c1-22-17-7-4-6-16(25-17)5-2-3-8-19(20,21)10-14(9-18(26)27)15-11-23-13-24-12-15/h4,6-7,11-14H,2-3,5,8-10H2,1H3,(H,22,25)(H,26,27)/t14-/m1/s1. The third-order valence-corrected chi connectivity index (χ3v) is 4.31. The molecule has 0 fully saturated rings. The first-order chi connectivity index (χ1) is 12.9. The van der Waals surface area contributed by atoms with Gasteiger partial charge in [0.1, 0.15) is 12.1 Å². The normalized spacial score (nSPS) is 12.6. The fourth-order valence-electron chi connectivity index (χ4n) is 2.95. The molecule has 0 amide bonds. The Bertz CT molecular complexity index is 729. The fraction of sp³-hybridized carbons (Fsp3) is 0.474. The minimum atomic E-state index is -2.95. The molecule has 0 radical (unpaired) electrons. The lowest BCUT2D eigenvalue weighted by atomic mass is 9.90. The summed E-state index contributed by atoms with van der Waals surface area (Å²) in [6.07, 6.45) is 4.45. The topological polar surface area (TPSA) is 88.0 Å². The molecule has 6 nitrogen and oxygen atoms in total. The zero-order chi connectivity index (χ0) is 19.7. The molecule has 2 rings (SSSR count). The van der Waals surface area contributed by atoms with Crippen molar-refractivity contribution in [1.82, 2.24) is 15.0 Å². The van der Waals surface area contributed by atoms with Crippen LogP contribution in [0.5, 0.6) is 0 Å². The van der Waals surface area contributed by atoms with Crippen LogP contribution in [0.2, 0.25) is 0 Å². The average Bonchev–Trinajstić information content (AvgIpc) is 2.65. The minimum absolute atomic E-state index is 0.289. The van der Waals surface area contributed by atoms with Crippen LogP contribution in [0.4, 0.5) is 14.6 Å². The maximum atomic E-state index is 14.4. The number of aryl methyl sites for hydroxylation is 1. The Hall–Kier alpha value is -2.64. The maximum Gasteiger partial charge on any atom is 0.303 e. The van der Waals surface area contributed by atoms with Crippen LogP contribution in [0.3, 0.4) is 0 Å². The van der Waals surface area contributed by atoms with Crippen LogP contribution in [0, 0.1) is 0 Å². The molecule has 1 atom stereocenters. The lowest BCUT2D eigenvalue weighted by Crippen LogP contribution is -2.22. The number of carboxylic acids is 1. The van der Waals surface area contributed by atoms with Crippen LogP contribution in [-0.2, 0) is 11.2 Å². The Morgan fingerprint density at radius 2 is 2.00 bits per heavy atom. The summed E-state index contributed by atoms with van der Waals surface area (Å²) < 4.78 is 28.8. The summed E-state index contributed by atoms with van der Waals surface area (Å²) in [6.45, 7) is 0. The van der Waals surface area contributed by atoms with Gasteiger partial charge >= 0.3 is 5.97 Å². The lowest BCUT2D eigenvalue weighted by Gasteiger charge is -2.22. The second kappa shape index (κ2) is 9.89. The number of halogens is 2. The fourth-order valence-corrected chi connectivity index (χ4v) is 2.95. The highest BCUT2D eigenvalue weighted by Crippen LogP contribution is 2.35. The van der Waals surface area contributed by atoms with E-state index >= 15 is 0 Å². The van der Waals surface area contributed by atoms with Gasteiger partial charge < -0.3 is 10.4 Å². The summed E-state index contributed by atoms with van der Waals surface area (Å²) in [5.41, 5.74) is 1.28. The second-order valence-corrected chi connectivity index (χ2v) is 6.50. The molecule has 0 unspecified atom stereocenters. The zero-order valence-corrected chi connectivity index (χ0v) is 15.2. The molecule has 0 aromatic carbocycles. The van der Waals surface area contributed by atoms with E-state index in [0.29, 0.717) is 24.8 Å². The van der Waals surface area contributed by atoms with Crippen molar-refractivity contribution in [3.63, 3.8) is 0 Å². The number of hydrogen-bond acceptors (Lipinski definition) is 5. The zero-order valence-electron chi connectivity index (χ0n) is 15.2. The molecule has 8 heteroatoms. The Morgan fingerprint density at radius 3 is 2.67 bits per heavy atom. The predicted molar refractivity (Wildman–Crippen MR) is 97.9 cm³/mol. The van der Waals surface area contributed by atoms with Crippen molar-refractivity contribution >= 4 is 11.8 Å². The number of nitrogens with zero attached hydrogens (tertiary/aromatic N) is 3. The van der Waals surface area contributed by atoms with E-state index < -0.39 is 24.2 Å². The van der Waals surface area contributed by atoms with Crippen molar-refractivity contribution in [2.45, 2.75) is 50.4 Å². The second-order valence-electron chi connectivity index (χ2n) is 6.50. The number of alkyl halides is 2. The number of nitrogens with one attached hydrogen (secondary N) is 1. The van der Waals surface area contributed by atoms with Crippen LogP contribution in [0.15, 0.2) is 36.9 Å². The van der Waals surface area contributed by atoms with E-state index in [-0.39, 0.29) is 12.8 Å². The number of rotatable bonds is 11. The summed E-state index contributed by atoms with van der Waals surface area (Å²) in [7, 11) is 1.78. The number of anilines is 1. The smallest absolute Gasteiger partial charge is 0.303 e. The quantitative estimate of drug-likeness (QED) is 0.577. The Kier molecular flexibility index (Phi) is 7.57. The Balaban J connectivity index is 1.87. The van der Waals surface area contributed by atoms with Gasteiger partial charge in [0.05, 0.1) is 6.42 Å². The van der Waals surface area contributed by atoms with Gasteiger partial charge in [-0.25, -0.2) is 23.7 Å². The molecule has 0 aliphatic rings. The van der Waals surface area contributed by atoms with Gasteiger partial charge in [-0.1, -0.05) is 6.07 Å². The average molecular weight is 378 g/mol. The molecule has 0 aliphatic heterocycles. The van der Waals surface area contributed by atoms with Gasteiger partial charge in [-0.3, -0.25) is 4.79 Å². The first-order valence-electron chi connectivity index (χ1n) is 8.88. The van der Waals surface area contributed by atoms with E-state index in [1.54, 1.807) is 7.05 Å². The molecule has 0 saturated carbocycles. The molecule has 0 saturated heterocycles. The van der Waals surface area contributed by atoms with Gasteiger partial charge in [-0.05, 0) is 37.0 Å². The number of aliphatic carboxylic acids is 1. The van der Waals surface area contributed by atoms with Crippen molar-refractivity contribution in [2.24, 2.45) is 0 Å². The highest BCUT2D eigenvalue weighted by molar-refractivity contribution is 5.68. The molecule has 0 aliphatic carbocycles. The van der Waals surface area contributed by atoms with Gasteiger partial charge in [0.25, 0.3) is 0 Å². The molecule has 0 spiro atoms. The minimum Gasteiger partial charge on any atom is -0.481 e. The van der Waals surface area contributed by atoms with Crippen LogP contribution in [0.25, 0.3) is 0 Å². The number of carbonyl (C=O) groups is 1. The number of aromatic nitrogens is 3. The number of carboxylic acid groups (broad SMARTS) is 1. The van der Waals surface area contributed by atoms with Crippen molar-refractivity contribution < 1.29 is 18.7 Å². The van der Waals surface area contributed by atoms with Crippen LogP contribution in [-0.4, -0.2) is 39.0 Å². The third-order valence-electron chi connectivity index (χ3n) is 4.31. The monoisotopic (exact) mass is 378 g/mol. The number of unbranched alkanes of at least 4 members (excludes halogenated alkanes) is 1. The summed E-state index contributed by atoms with van der Waals surface area (Å²) in [5, 5.41) is 12.0. The largest absolute Gasteiger partial charge is 0.481 e. The van der Waals surface area contributed by atoms with Crippen LogP contribution in [0.1, 0.15) is 49.3 Å². The maximum absolute atomic E-state index is 14.4. The first-order valence-corrected chi connectivity index (χ1v) is 8.88. The summed E-state index contributed by atoms with van der Waals surface area (Å²) in [5.74, 6) is -4.13. The molecule has 2 N–H and O–H groups in total. The van der Waals surface area contributed by atoms with Gasteiger partial charge in [-0.15, -0.1) is 0 Å². The van der Waals surface area contributed by atoms with Gasteiger partial charge in [0, 0.05) is 43.9 Å². The summed E-state index contributed by atoms with van der Waals surface area (Å²) >= 11 is 0. The third kappa shape index (κ3) is 7.24. The highest BCUT2D eigenvalue weighted by atomic mass is 19.3. The Labute approximate surface area is 157 Å². The van der Waals surface area contributed by atoms with Crippen molar-refractivity contribution in [3.05, 3.63) is 48.2 Å². The Morgan fingerprint density at radius 1 is 1.26 bits per heavy atom. The molecular weight excluding hydrogens is 354 g/mol. The molecular formula is C19H24F2N4O2. The lowest BCUT2D eigenvalue weighted by molar-refractivity contribution is -0.138. The number of hydrogen-bond donors (Lipinski definition) is 2. The predicted octanol–water partition coefficient (Wildman–Crippen LogP) is 3.91. The molecule has 2 aromatic heterocycles. The van der Waals surface area contributed by atoms with E-state index in [1.165, 1.54) is 18.7 Å². The van der Waals surface area contributed by atoms with Crippen LogP contribution >= 0.6 is 0 Å². The van der Waals surface area contributed by atoms with Crippen molar-refractivity contribution in [1.29, 1.82) is 0 Å². The van der Waals surface area contributed by atoms with E-state index in [0.717, 1.165) is 11.5 Å².